The Bertz CT molecular complexity index is 861. The average molecular weight is 261 g/mol. The Morgan fingerprint density at radius 1 is 1.00 bits per heavy atom. The summed E-state index contributed by atoms with van der Waals surface area (Å²) in [4.78, 5) is 8.62. The largest absolute Gasteiger partial charge is 0.301 e. The zero-order valence-corrected chi connectivity index (χ0v) is 10.6. The van der Waals surface area contributed by atoms with Crippen LogP contribution in [0.3, 0.4) is 0 Å². The summed E-state index contributed by atoms with van der Waals surface area (Å²) in [5, 5.41) is 7.89. The summed E-state index contributed by atoms with van der Waals surface area (Å²) in [5.41, 5.74) is 2.99. The molecule has 0 amide bonds. The molecule has 0 spiro atoms. The normalized spacial score (nSPS) is 11.0. The molecular formula is C15H11N5. The summed E-state index contributed by atoms with van der Waals surface area (Å²) >= 11 is 0. The van der Waals surface area contributed by atoms with Crippen LogP contribution in [0.5, 0.6) is 0 Å². The minimum absolute atomic E-state index is 0.760. The van der Waals surface area contributed by atoms with Crippen molar-refractivity contribution < 1.29 is 0 Å². The number of nitrogens with zero attached hydrogens (tertiary/aromatic N) is 4. The molecule has 1 N–H and O–H groups in total. The van der Waals surface area contributed by atoms with E-state index in [4.69, 9.17) is 0 Å². The van der Waals surface area contributed by atoms with Crippen molar-refractivity contribution in [1.82, 2.24) is 24.7 Å². The first-order valence-electron chi connectivity index (χ1n) is 6.30. The molecule has 4 rings (SSSR count). The first kappa shape index (κ1) is 10.9. The molecule has 20 heavy (non-hydrogen) atoms. The number of fused-ring (bicyclic) bond motifs is 1. The number of benzene rings is 1. The fourth-order valence-electron chi connectivity index (χ4n) is 2.32. The van der Waals surface area contributed by atoms with E-state index in [1.54, 1.807) is 6.20 Å². The predicted octanol–water partition coefficient (Wildman–Crippen LogP) is 2.81. The second kappa shape index (κ2) is 4.31. The van der Waals surface area contributed by atoms with Crippen molar-refractivity contribution in [3.05, 3.63) is 61.2 Å². The van der Waals surface area contributed by atoms with Gasteiger partial charge in [0, 0.05) is 29.0 Å². The van der Waals surface area contributed by atoms with E-state index in [0.717, 1.165) is 28.1 Å². The average Bonchev–Trinajstić information content (AvgIpc) is 3.17. The molecule has 0 atom stereocenters. The number of nitrogens with one attached hydrogen (secondary N) is 1. The maximum Gasteiger partial charge on any atom is 0.155 e. The van der Waals surface area contributed by atoms with E-state index in [1.807, 2.05) is 30.5 Å². The zero-order valence-electron chi connectivity index (χ0n) is 10.6. The first-order valence-corrected chi connectivity index (χ1v) is 6.30. The predicted molar refractivity (Wildman–Crippen MR) is 76.4 cm³/mol. The molecule has 0 saturated heterocycles. The molecule has 0 saturated carbocycles. The van der Waals surface area contributed by atoms with Crippen LogP contribution in [-0.4, -0.2) is 24.7 Å². The van der Waals surface area contributed by atoms with E-state index in [9.17, 15) is 0 Å². The topological polar surface area (TPSA) is 59.4 Å². The molecule has 1 aromatic carbocycles. The summed E-state index contributed by atoms with van der Waals surface area (Å²) in [6, 6.07) is 14.2. The van der Waals surface area contributed by atoms with E-state index >= 15 is 0 Å². The van der Waals surface area contributed by atoms with E-state index in [1.165, 1.54) is 6.33 Å². The molecule has 0 unspecified atom stereocenters. The van der Waals surface area contributed by atoms with Gasteiger partial charge < -0.3 is 4.57 Å². The number of H-pyrrole nitrogens is 1. The van der Waals surface area contributed by atoms with Crippen LogP contribution in [0.2, 0.25) is 0 Å². The van der Waals surface area contributed by atoms with Crippen LogP contribution in [-0.2, 0) is 0 Å². The fraction of sp³-hybridized carbons (Fsp3) is 0. The first-order chi connectivity index (χ1) is 9.92. The van der Waals surface area contributed by atoms with Gasteiger partial charge in [-0.1, -0.05) is 12.1 Å². The smallest absolute Gasteiger partial charge is 0.155 e. The monoisotopic (exact) mass is 261 g/mol. The third-order valence-corrected chi connectivity index (χ3v) is 3.26. The Hall–Kier alpha value is -2.95. The third kappa shape index (κ3) is 1.68. The highest BCUT2D eigenvalue weighted by atomic mass is 15.2. The van der Waals surface area contributed by atoms with E-state index in [-0.39, 0.29) is 0 Å². The lowest BCUT2D eigenvalue weighted by Gasteiger charge is -2.06. The summed E-state index contributed by atoms with van der Waals surface area (Å²) in [6.45, 7) is 0. The Labute approximate surface area is 114 Å². The van der Waals surface area contributed by atoms with Gasteiger partial charge in [0.25, 0.3) is 0 Å². The molecule has 96 valence electrons. The third-order valence-electron chi connectivity index (χ3n) is 3.26. The van der Waals surface area contributed by atoms with Gasteiger partial charge in [-0.25, -0.2) is 9.97 Å². The fourth-order valence-corrected chi connectivity index (χ4v) is 2.32. The van der Waals surface area contributed by atoms with Crippen molar-refractivity contribution >= 4 is 11.0 Å². The lowest BCUT2D eigenvalue weighted by molar-refractivity contribution is 1.08. The molecule has 0 aliphatic carbocycles. The zero-order chi connectivity index (χ0) is 13.4. The molecule has 0 aliphatic heterocycles. The Morgan fingerprint density at radius 3 is 2.90 bits per heavy atom. The lowest BCUT2D eigenvalue weighted by atomic mass is 10.2. The van der Waals surface area contributed by atoms with Crippen LogP contribution in [0.4, 0.5) is 0 Å². The van der Waals surface area contributed by atoms with Crippen molar-refractivity contribution in [2.45, 2.75) is 0 Å². The van der Waals surface area contributed by atoms with Crippen LogP contribution in [0.25, 0.3) is 28.1 Å². The number of hydrogen-bond acceptors (Lipinski definition) is 3. The number of rotatable bonds is 2. The van der Waals surface area contributed by atoms with Crippen LogP contribution in [0.1, 0.15) is 0 Å². The van der Waals surface area contributed by atoms with E-state index in [0.29, 0.717) is 0 Å². The van der Waals surface area contributed by atoms with E-state index in [2.05, 4.69) is 42.9 Å². The molecule has 3 heterocycles. The number of hydrogen-bond donors (Lipinski definition) is 1. The molecule has 0 fully saturated rings. The van der Waals surface area contributed by atoms with Crippen LogP contribution < -0.4 is 0 Å². The lowest BCUT2D eigenvalue weighted by Crippen LogP contribution is -1.94. The van der Waals surface area contributed by atoms with Crippen molar-refractivity contribution in [2.75, 3.05) is 0 Å². The minimum atomic E-state index is 0.760. The molecule has 3 aromatic heterocycles. The van der Waals surface area contributed by atoms with Gasteiger partial charge in [-0.15, -0.1) is 0 Å². The van der Waals surface area contributed by atoms with Crippen LogP contribution >= 0.6 is 0 Å². The Kier molecular flexibility index (Phi) is 2.35. The molecule has 5 heteroatoms. The second-order valence-corrected chi connectivity index (χ2v) is 4.49. The molecule has 0 aliphatic rings. The molecule has 5 nitrogen and oxygen atoms in total. The Balaban J connectivity index is 1.88. The van der Waals surface area contributed by atoms with Crippen molar-refractivity contribution in [3.63, 3.8) is 0 Å². The van der Waals surface area contributed by atoms with Gasteiger partial charge in [-0.2, -0.15) is 5.10 Å². The SMILES string of the molecule is c1cc(-c2ncn[nH]2)cc(-n2ccc3cccnc32)c1. The highest BCUT2D eigenvalue weighted by Gasteiger charge is 2.06. The quantitative estimate of drug-likeness (QED) is 0.603. The van der Waals surface area contributed by atoms with Crippen molar-refractivity contribution in [1.29, 1.82) is 0 Å². The summed E-state index contributed by atoms with van der Waals surface area (Å²) < 4.78 is 2.06. The van der Waals surface area contributed by atoms with Crippen LogP contribution in [0, 0.1) is 0 Å². The van der Waals surface area contributed by atoms with Gasteiger partial charge in [0.1, 0.15) is 12.0 Å². The van der Waals surface area contributed by atoms with Crippen molar-refractivity contribution in [2.24, 2.45) is 0 Å². The number of aromatic amines is 1. The summed E-state index contributed by atoms with van der Waals surface area (Å²) in [5.74, 6) is 0.760. The minimum Gasteiger partial charge on any atom is -0.301 e. The van der Waals surface area contributed by atoms with Gasteiger partial charge in [0.15, 0.2) is 5.82 Å². The second-order valence-electron chi connectivity index (χ2n) is 4.49. The van der Waals surface area contributed by atoms with Gasteiger partial charge in [-0.05, 0) is 30.3 Å². The molecule has 0 bridgehead atoms. The summed E-state index contributed by atoms with van der Waals surface area (Å²) in [6.07, 6.45) is 5.34. The standard InChI is InChI=1S/C15H11N5/c1-3-12(14-17-10-18-19-14)9-13(5-1)20-8-6-11-4-2-7-16-15(11)20/h1-10H,(H,17,18,19). The molecule has 4 aromatic rings. The highest BCUT2D eigenvalue weighted by Crippen LogP contribution is 2.22. The molecule has 0 radical (unpaired) electrons. The highest BCUT2D eigenvalue weighted by molar-refractivity contribution is 5.78. The van der Waals surface area contributed by atoms with Crippen molar-refractivity contribution in [3.8, 4) is 17.1 Å². The summed E-state index contributed by atoms with van der Waals surface area (Å²) in [7, 11) is 0. The van der Waals surface area contributed by atoms with E-state index < -0.39 is 0 Å². The van der Waals surface area contributed by atoms with Gasteiger partial charge in [0.2, 0.25) is 0 Å². The van der Waals surface area contributed by atoms with Gasteiger partial charge >= 0.3 is 0 Å². The maximum absolute atomic E-state index is 4.44. The molecular weight excluding hydrogens is 250 g/mol. The maximum atomic E-state index is 4.44. The Morgan fingerprint density at radius 2 is 2.00 bits per heavy atom. The van der Waals surface area contributed by atoms with Crippen LogP contribution in [0.15, 0.2) is 61.2 Å². The number of pyridine rings is 1. The van der Waals surface area contributed by atoms with Gasteiger partial charge in [-0.3, -0.25) is 5.10 Å². The van der Waals surface area contributed by atoms with Gasteiger partial charge in [0.05, 0.1) is 0 Å². The number of aromatic nitrogens is 5.